The predicted molar refractivity (Wildman–Crippen MR) is 141 cm³/mol. The van der Waals surface area contributed by atoms with Crippen LogP contribution in [0.25, 0.3) is 0 Å². The fourth-order valence-electron chi connectivity index (χ4n) is 4.95. The Morgan fingerprint density at radius 3 is 2.61 bits per heavy atom. The van der Waals surface area contributed by atoms with Gasteiger partial charge in [-0.3, -0.25) is 9.79 Å². The Hall–Kier alpha value is -2.62. The van der Waals surface area contributed by atoms with Crippen LogP contribution < -0.4 is 4.90 Å². The molecule has 4 heteroatoms. The fourth-order valence-corrected chi connectivity index (χ4v) is 4.95. The summed E-state index contributed by atoms with van der Waals surface area (Å²) < 4.78 is 0. The topological polar surface area (TPSA) is 35.9 Å². The molecule has 0 unspecified atom stereocenters. The van der Waals surface area contributed by atoms with Crippen LogP contribution >= 0.6 is 0 Å². The van der Waals surface area contributed by atoms with Gasteiger partial charge in [-0.05, 0) is 73.3 Å². The van der Waals surface area contributed by atoms with Gasteiger partial charge in [0.2, 0.25) is 5.91 Å². The van der Waals surface area contributed by atoms with E-state index in [1.165, 1.54) is 35.1 Å². The zero-order valence-electron chi connectivity index (χ0n) is 21.6. The molecule has 0 aliphatic heterocycles. The van der Waals surface area contributed by atoms with Gasteiger partial charge in [0.05, 0.1) is 6.54 Å². The van der Waals surface area contributed by atoms with Crippen LogP contribution in [-0.2, 0) is 16.6 Å². The number of anilines is 1. The Morgan fingerprint density at radius 2 is 1.94 bits per heavy atom. The Morgan fingerprint density at radius 1 is 1.18 bits per heavy atom. The van der Waals surface area contributed by atoms with Gasteiger partial charge in [-0.25, -0.2) is 0 Å². The lowest BCUT2D eigenvalue weighted by Crippen LogP contribution is -2.42. The van der Waals surface area contributed by atoms with Gasteiger partial charge in [0, 0.05) is 32.7 Å². The second-order valence-corrected chi connectivity index (χ2v) is 10.2. The van der Waals surface area contributed by atoms with Crippen LogP contribution in [0.3, 0.4) is 0 Å². The van der Waals surface area contributed by atoms with Crippen LogP contribution in [0, 0.1) is 6.92 Å². The van der Waals surface area contributed by atoms with E-state index in [2.05, 4.69) is 87.0 Å². The number of aryl methyl sites for hydroxylation is 2. The van der Waals surface area contributed by atoms with Crippen molar-refractivity contribution in [3.8, 4) is 0 Å². The quantitative estimate of drug-likeness (QED) is 0.379. The zero-order chi connectivity index (χ0) is 24.2. The molecule has 3 rings (SSSR count). The summed E-state index contributed by atoms with van der Waals surface area (Å²) in [6.45, 7) is 12.4. The summed E-state index contributed by atoms with van der Waals surface area (Å²) in [4.78, 5) is 22.3. The lowest BCUT2D eigenvalue weighted by Gasteiger charge is -2.34. The van der Waals surface area contributed by atoms with Crippen LogP contribution in [0.4, 0.5) is 5.69 Å². The van der Waals surface area contributed by atoms with Crippen LogP contribution in [-0.4, -0.2) is 43.8 Å². The number of hydrogen-bond acceptors (Lipinski definition) is 2. The summed E-state index contributed by atoms with van der Waals surface area (Å²) >= 11 is 0. The predicted octanol–water partition coefficient (Wildman–Crippen LogP) is 6.12. The van der Waals surface area contributed by atoms with Crippen LogP contribution in [0.2, 0.25) is 0 Å². The third-order valence-corrected chi connectivity index (χ3v) is 7.24. The van der Waals surface area contributed by atoms with Gasteiger partial charge in [0.25, 0.3) is 0 Å². The molecule has 1 aliphatic rings. The van der Waals surface area contributed by atoms with E-state index in [4.69, 9.17) is 0 Å². The third-order valence-electron chi connectivity index (χ3n) is 7.24. The highest BCUT2D eigenvalue weighted by Crippen LogP contribution is 2.38. The normalized spacial score (nSPS) is 16.2. The molecule has 178 valence electrons. The van der Waals surface area contributed by atoms with E-state index in [0.717, 1.165) is 24.5 Å². The Labute approximate surface area is 200 Å². The number of carbonyl (C=O) groups is 1. The summed E-state index contributed by atoms with van der Waals surface area (Å²) in [5, 5.41) is 0. The molecule has 2 aromatic rings. The number of amidine groups is 1. The number of likely N-dealkylation sites (N-methyl/N-ethyl adjacent to an activating group) is 1. The molecule has 0 spiro atoms. The van der Waals surface area contributed by atoms with Crippen LogP contribution in [0.1, 0.15) is 75.1 Å². The van der Waals surface area contributed by atoms with Gasteiger partial charge in [-0.2, -0.15) is 0 Å². The minimum atomic E-state index is 0.143. The minimum Gasteiger partial charge on any atom is -0.362 e. The van der Waals surface area contributed by atoms with Crippen LogP contribution in [0.15, 0.2) is 47.5 Å². The highest BCUT2D eigenvalue weighted by molar-refractivity contribution is 6.00. The van der Waals surface area contributed by atoms with Crippen molar-refractivity contribution in [1.82, 2.24) is 4.90 Å². The first-order chi connectivity index (χ1) is 15.7. The molecular formula is C29H41N3O. The minimum absolute atomic E-state index is 0.143. The van der Waals surface area contributed by atoms with E-state index in [1.54, 1.807) is 0 Å². The van der Waals surface area contributed by atoms with Crippen molar-refractivity contribution < 1.29 is 4.79 Å². The number of fused-ring (bicyclic) bond motifs is 1. The molecule has 4 nitrogen and oxygen atoms in total. The SMILES string of the molecule is CCN(C)C(CN(C(=O)C[C@H](C)c1cccc(C)c1)c1ccc2c(c1)CCCC2(C)C)=NC. The number of nitrogens with zero attached hydrogens (tertiary/aromatic N) is 3. The number of amides is 1. The monoisotopic (exact) mass is 447 g/mol. The lowest BCUT2D eigenvalue weighted by atomic mass is 9.73. The summed E-state index contributed by atoms with van der Waals surface area (Å²) in [5.74, 6) is 1.22. The van der Waals surface area contributed by atoms with E-state index < -0.39 is 0 Å². The zero-order valence-corrected chi connectivity index (χ0v) is 21.6. The smallest absolute Gasteiger partial charge is 0.228 e. The fraction of sp³-hybridized carbons (Fsp3) is 0.517. The summed E-state index contributed by atoms with van der Waals surface area (Å²) in [6, 6.07) is 15.1. The van der Waals surface area contributed by atoms with E-state index in [1.807, 2.05) is 19.0 Å². The van der Waals surface area contributed by atoms with Crippen LogP contribution in [0.5, 0.6) is 0 Å². The van der Waals surface area contributed by atoms with E-state index in [-0.39, 0.29) is 17.2 Å². The number of benzene rings is 2. The van der Waals surface area contributed by atoms with Gasteiger partial charge < -0.3 is 9.80 Å². The Kier molecular flexibility index (Phi) is 7.99. The van der Waals surface area contributed by atoms with Gasteiger partial charge >= 0.3 is 0 Å². The Bertz CT molecular complexity index is 1010. The second-order valence-electron chi connectivity index (χ2n) is 10.2. The first kappa shape index (κ1) is 25.0. The average Bonchev–Trinajstić information content (AvgIpc) is 2.78. The summed E-state index contributed by atoms with van der Waals surface area (Å²) in [5.41, 5.74) is 6.43. The van der Waals surface area contributed by atoms with E-state index in [0.29, 0.717) is 13.0 Å². The van der Waals surface area contributed by atoms with Crippen molar-refractivity contribution in [2.75, 3.05) is 32.1 Å². The molecular weight excluding hydrogens is 406 g/mol. The van der Waals surface area contributed by atoms with E-state index >= 15 is 0 Å². The van der Waals surface area contributed by atoms with Gasteiger partial charge in [0.15, 0.2) is 0 Å². The number of hydrogen-bond donors (Lipinski definition) is 0. The van der Waals surface area contributed by atoms with Crippen molar-refractivity contribution >= 4 is 17.4 Å². The van der Waals surface area contributed by atoms with E-state index in [9.17, 15) is 4.79 Å². The van der Waals surface area contributed by atoms with Gasteiger partial charge in [-0.1, -0.05) is 56.7 Å². The molecule has 1 aliphatic carbocycles. The number of aliphatic imine (C=N–C) groups is 1. The molecule has 2 aromatic carbocycles. The summed E-state index contributed by atoms with van der Waals surface area (Å²) in [6.07, 6.45) is 3.96. The largest absolute Gasteiger partial charge is 0.362 e. The van der Waals surface area contributed by atoms with Crippen molar-refractivity contribution in [2.24, 2.45) is 4.99 Å². The first-order valence-corrected chi connectivity index (χ1v) is 12.3. The highest BCUT2D eigenvalue weighted by Gasteiger charge is 2.29. The summed E-state index contributed by atoms with van der Waals surface area (Å²) in [7, 11) is 3.85. The van der Waals surface area contributed by atoms with Crippen molar-refractivity contribution in [3.05, 3.63) is 64.7 Å². The molecule has 1 atom stereocenters. The molecule has 0 fully saturated rings. The van der Waals surface area contributed by atoms with Gasteiger partial charge in [-0.15, -0.1) is 0 Å². The molecule has 0 saturated carbocycles. The Balaban J connectivity index is 1.93. The molecule has 0 bridgehead atoms. The van der Waals surface area contributed by atoms with Gasteiger partial charge in [0.1, 0.15) is 5.84 Å². The van der Waals surface area contributed by atoms with Crippen molar-refractivity contribution in [1.29, 1.82) is 0 Å². The second kappa shape index (κ2) is 10.5. The number of rotatable bonds is 7. The van der Waals surface area contributed by atoms with Crippen molar-refractivity contribution in [3.63, 3.8) is 0 Å². The molecule has 0 aromatic heterocycles. The standard InChI is InChI=1S/C29H41N3O/c1-8-31(7)27(30-6)20-32(28(33)18-22(3)23-12-9-11-21(2)17-23)25-14-15-26-24(19-25)13-10-16-29(26,4)5/h9,11-12,14-15,17,19,22H,8,10,13,16,18,20H2,1-7H3/t22-/m0/s1. The maximum absolute atomic E-state index is 13.7. The molecule has 0 heterocycles. The maximum Gasteiger partial charge on any atom is 0.228 e. The molecule has 1 amide bonds. The molecule has 0 N–H and O–H groups in total. The third kappa shape index (κ3) is 5.85. The average molecular weight is 448 g/mol. The molecule has 0 radical (unpaired) electrons. The first-order valence-electron chi connectivity index (χ1n) is 12.3. The number of carbonyl (C=O) groups excluding carboxylic acids is 1. The lowest BCUT2D eigenvalue weighted by molar-refractivity contribution is -0.118. The molecule has 33 heavy (non-hydrogen) atoms. The molecule has 0 saturated heterocycles. The van der Waals surface area contributed by atoms with Crippen molar-refractivity contribution in [2.45, 2.75) is 71.6 Å². The highest BCUT2D eigenvalue weighted by atomic mass is 16.2. The maximum atomic E-state index is 13.7.